The third-order valence-electron chi connectivity index (χ3n) is 3.47. The number of thiophene rings is 1. The first-order valence-electron chi connectivity index (χ1n) is 7.54. The summed E-state index contributed by atoms with van der Waals surface area (Å²) < 4.78 is 24.0. The first kappa shape index (κ1) is 17.0. The van der Waals surface area contributed by atoms with Crippen molar-refractivity contribution in [3.05, 3.63) is 63.9 Å². The summed E-state index contributed by atoms with van der Waals surface area (Å²) in [6.07, 6.45) is 2.29. The number of aryl methyl sites for hydroxylation is 1. The Morgan fingerprint density at radius 1 is 1.40 bits per heavy atom. The first-order chi connectivity index (χ1) is 12.0. The van der Waals surface area contributed by atoms with Crippen LogP contribution in [0.5, 0.6) is 0 Å². The Kier molecular flexibility index (Phi) is 5.04. The maximum absolute atomic E-state index is 13.6. The summed E-state index contributed by atoms with van der Waals surface area (Å²) in [5.74, 6) is -0.472. The van der Waals surface area contributed by atoms with Gasteiger partial charge in [-0.1, -0.05) is 17.3 Å². The van der Waals surface area contributed by atoms with Crippen LogP contribution in [0.3, 0.4) is 0 Å². The third-order valence-corrected chi connectivity index (χ3v) is 4.17. The van der Waals surface area contributed by atoms with Crippen LogP contribution >= 0.6 is 11.3 Å². The SMILES string of the molecule is Cc1ccc(-c2noc(C(C)OC(=O)/C=C/c3ccsc3)n2)cc1F. The van der Waals surface area contributed by atoms with Gasteiger partial charge in [0.05, 0.1) is 0 Å². The van der Waals surface area contributed by atoms with E-state index in [0.717, 1.165) is 5.56 Å². The summed E-state index contributed by atoms with van der Waals surface area (Å²) in [4.78, 5) is 16.0. The molecule has 0 aliphatic rings. The van der Waals surface area contributed by atoms with Gasteiger partial charge >= 0.3 is 5.97 Å². The highest BCUT2D eigenvalue weighted by molar-refractivity contribution is 7.08. The molecule has 0 saturated heterocycles. The third kappa shape index (κ3) is 4.19. The number of ether oxygens (including phenoxy) is 1. The first-order valence-corrected chi connectivity index (χ1v) is 8.48. The molecule has 0 N–H and O–H groups in total. The van der Waals surface area contributed by atoms with Crippen molar-refractivity contribution in [2.75, 3.05) is 0 Å². The van der Waals surface area contributed by atoms with Crippen LogP contribution in [-0.2, 0) is 9.53 Å². The standard InChI is InChI=1S/C18H15FN2O3S/c1-11-3-5-14(9-15(11)19)17-20-18(24-21-17)12(2)23-16(22)6-4-13-7-8-25-10-13/h3-10,12H,1-2H3/b6-4+. The Morgan fingerprint density at radius 3 is 2.96 bits per heavy atom. The van der Waals surface area contributed by atoms with E-state index in [0.29, 0.717) is 11.1 Å². The molecule has 2 aromatic heterocycles. The summed E-state index contributed by atoms with van der Waals surface area (Å²) >= 11 is 1.54. The fraction of sp³-hybridized carbons (Fsp3) is 0.167. The van der Waals surface area contributed by atoms with Gasteiger partial charge in [-0.2, -0.15) is 16.3 Å². The minimum atomic E-state index is -0.712. The molecule has 25 heavy (non-hydrogen) atoms. The van der Waals surface area contributed by atoms with Crippen LogP contribution in [0, 0.1) is 12.7 Å². The van der Waals surface area contributed by atoms with Crippen LogP contribution in [0.25, 0.3) is 17.5 Å². The highest BCUT2D eigenvalue weighted by Gasteiger charge is 2.18. The highest BCUT2D eigenvalue weighted by atomic mass is 32.1. The molecule has 0 aliphatic heterocycles. The van der Waals surface area contributed by atoms with E-state index in [4.69, 9.17) is 9.26 Å². The second-order valence-corrected chi connectivity index (χ2v) is 6.17. The molecular formula is C18H15FN2O3S. The predicted octanol–water partition coefficient (Wildman–Crippen LogP) is 4.56. The lowest BCUT2D eigenvalue weighted by Gasteiger charge is -2.06. The quantitative estimate of drug-likeness (QED) is 0.494. The van der Waals surface area contributed by atoms with Crippen LogP contribution in [0.15, 0.2) is 45.6 Å². The normalized spacial score (nSPS) is 12.4. The molecule has 0 amide bonds. The van der Waals surface area contributed by atoms with Crippen LogP contribution in [0.1, 0.15) is 30.0 Å². The topological polar surface area (TPSA) is 65.2 Å². The van der Waals surface area contributed by atoms with Gasteiger partial charge < -0.3 is 9.26 Å². The Balaban J connectivity index is 1.66. The van der Waals surface area contributed by atoms with Gasteiger partial charge in [-0.3, -0.25) is 0 Å². The zero-order chi connectivity index (χ0) is 17.8. The summed E-state index contributed by atoms with van der Waals surface area (Å²) in [6.45, 7) is 3.30. The smallest absolute Gasteiger partial charge is 0.331 e. The van der Waals surface area contributed by atoms with Crippen molar-refractivity contribution in [1.82, 2.24) is 10.1 Å². The second kappa shape index (κ2) is 7.40. The average Bonchev–Trinajstić information content (AvgIpc) is 3.27. The summed E-state index contributed by atoms with van der Waals surface area (Å²) in [5.41, 5.74) is 1.96. The molecule has 5 nitrogen and oxygen atoms in total. The van der Waals surface area contributed by atoms with E-state index >= 15 is 0 Å². The summed E-state index contributed by atoms with van der Waals surface area (Å²) in [7, 11) is 0. The Labute approximate surface area is 147 Å². The fourth-order valence-electron chi connectivity index (χ4n) is 2.05. The van der Waals surface area contributed by atoms with E-state index in [9.17, 15) is 9.18 Å². The van der Waals surface area contributed by atoms with Crippen LogP contribution in [0.4, 0.5) is 4.39 Å². The molecule has 0 fully saturated rings. The Morgan fingerprint density at radius 2 is 2.24 bits per heavy atom. The molecule has 3 aromatic rings. The number of rotatable bonds is 5. The maximum Gasteiger partial charge on any atom is 0.331 e. The molecule has 7 heteroatoms. The van der Waals surface area contributed by atoms with Crippen molar-refractivity contribution in [1.29, 1.82) is 0 Å². The van der Waals surface area contributed by atoms with Crippen LogP contribution in [-0.4, -0.2) is 16.1 Å². The number of benzene rings is 1. The van der Waals surface area contributed by atoms with Gasteiger partial charge in [0.1, 0.15) is 5.82 Å². The highest BCUT2D eigenvalue weighted by Crippen LogP contribution is 2.22. The van der Waals surface area contributed by atoms with Crippen molar-refractivity contribution in [2.24, 2.45) is 0 Å². The van der Waals surface area contributed by atoms with E-state index in [1.807, 2.05) is 16.8 Å². The van der Waals surface area contributed by atoms with E-state index in [1.54, 1.807) is 43.4 Å². The molecule has 0 radical (unpaired) electrons. The lowest BCUT2D eigenvalue weighted by atomic mass is 10.1. The van der Waals surface area contributed by atoms with E-state index in [-0.39, 0.29) is 17.5 Å². The zero-order valence-corrected chi connectivity index (χ0v) is 14.4. The van der Waals surface area contributed by atoms with Gasteiger partial charge in [-0.05, 0) is 53.9 Å². The molecular weight excluding hydrogens is 343 g/mol. The minimum Gasteiger partial charge on any atom is -0.449 e. The number of halogens is 1. The van der Waals surface area contributed by atoms with Crippen LogP contribution in [0.2, 0.25) is 0 Å². The van der Waals surface area contributed by atoms with Gasteiger partial charge in [-0.25, -0.2) is 9.18 Å². The second-order valence-electron chi connectivity index (χ2n) is 5.39. The van der Waals surface area contributed by atoms with Crippen LogP contribution < -0.4 is 0 Å². The molecule has 0 saturated carbocycles. The molecule has 3 rings (SSSR count). The van der Waals surface area contributed by atoms with Gasteiger partial charge in [0, 0.05) is 11.6 Å². The lowest BCUT2D eigenvalue weighted by Crippen LogP contribution is -2.06. The summed E-state index contributed by atoms with van der Waals surface area (Å²) in [5, 5.41) is 7.64. The molecule has 2 heterocycles. The molecule has 128 valence electrons. The fourth-order valence-corrected chi connectivity index (χ4v) is 2.68. The van der Waals surface area contributed by atoms with Crippen molar-refractivity contribution in [3.8, 4) is 11.4 Å². The molecule has 0 bridgehead atoms. The van der Waals surface area contributed by atoms with Gasteiger partial charge in [0.2, 0.25) is 5.82 Å². The van der Waals surface area contributed by atoms with Crippen molar-refractivity contribution < 1.29 is 18.4 Å². The van der Waals surface area contributed by atoms with Crippen molar-refractivity contribution in [3.63, 3.8) is 0 Å². The van der Waals surface area contributed by atoms with E-state index in [1.165, 1.54) is 12.1 Å². The summed E-state index contributed by atoms with van der Waals surface area (Å²) in [6, 6.07) is 6.57. The number of carbonyl (C=O) groups is 1. The molecule has 1 atom stereocenters. The van der Waals surface area contributed by atoms with Gasteiger partial charge in [-0.15, -0.1) is 0 Å². The minimum absolute atomic E-state index is 0.147. The largest absolute Gasteiger partial charge is 0.449 e. The Bertz CT molecular complexity index is 903. The number of esters is 1. The molecule has 0 aliphatic carbocycles. The number of nitrogens with zero attached hydrogens (tertiary/aromatic N) is 2. The monoisotopic (exact) mass is 358 g/mol. The number of aromatic nitrogens is 2. The number of hydrogen-bond donors (Lipinski definition) is 0. The van der Waals surface area contributed by atoms with E-state index in [2.05, 4.69) is 10.1 Å². The van der Waals surface area contributed by atoms with Gasteiger partial charge in [0.15, 0.2) is 6.10 Å². The van der Waals surface area contributed by atoms with E-state index < -0.39 is 12.1 Å². The molecule has 1 aromatic carbocycles. The maximum atomic E-state index is 13.6. The number of hydrogen-bond acceptors (Lipinski definition) is 6. The Hall–Kier alpha value is -2.80. The lowest BCUT2D eigenvalue weighted by molar-refractivity contribution is -0.143. The molecule has 1 unspecified atom stereocenters. The number of carbonyl (C=O) groups excluding carboxylic acids is 1. The average molecular weight is 358 g/mol. The predicted molar refractivity (Wildman–Crippen MR) is 92.3 cm³/mol. The molecule has 0 spiro atoms. The van der Waals surface area contributed by atoms with Crippen molar-refractivity contribution >= 4 is 23.4 Å². The van der Waals surface area contributed by atoms with Gasteiger partial charge in [0.25, 0.3) is 5.89 Å². The van der Waals surface area contributed by atoms with Crippen molar-refractivity contribution in [2.45, 2.75) is 20.0 Å². The zero-order valence-electron chi connectivity index (χ0n) is 13.6.